The molecule has 1 aliphatic rings. The van der Waals surface area contributed by atoms with Gasteiger partial charge in [0.05, 0.1) is 13.2 Å². The van der Waals surface area contributed by atoms with Gasteiger partial charge >= 0.3 is 0 Å². The van der Waals surface area contributed by atoms with Crippen molar-refractivity contribution >= 4 is 11.4 Å². The zero-order valence-electron chi connectivity index (χ0n) is 11.4. The predicted octanol–water partition coefficient (Wildman–Crippen LogP) is 2.73. The van der Waals surface area contributed by atoms with Crippen LogP contribution >= 0.6 is 0 Å². The standard InChI is InChI=1S/C14H21NO2S/c1-14(2,3)18(16)15-12-9-8-11-10(12)6-5-7-13(11)17-4/h5-7,12,15H,8-9H2,1-4H3/t12-,18?/m0/s1. The van der Waals surface area contributed by atoms with Gasteiger partial charge in [0, 0.05) is 11.4 Å². The maximum Gasteiger partial charge on any atom is 0.136 e. The van der Waals surface area contributed by atoms with Gasteiger partial charge in [-0.2, -0.15) is 0 Å². The first-order valence-electron chi connectivity index (χ1n) is 6.27. The Hall–Kier alpha value is -0.710. The largest absolute Gasteiger partial charge is 0.598 e. The summed E-state index contributed by atoms with van der Waals surface area (Å²) in [5.74, 6) is 0.943. The van der Waals surface area contributed by atoms with E-state index in [1.54, 1.807) is 7.11 Å². The number of methoxy groups -OCH3 is 1. The van der Waals surface area contributed by atoms with E-state index < -0.39 is 11.4 Å². The van der Waals surface area contributed by atoms with E-state index in [9.17, 15) is 4.55 Å². The highest BCUT2D eigenvalue weighted by Crippen LogP contribution is 2.37. The van der Waals surface area contributed by atoms with Crippen LogP contribution in [0.3, 0.4) is 0 Å². The maximum atomic E-state index is 12.2. The van der Waals surface area contributed by atoms with Crippen LogP contribution in [0, 0.1) is 0 Å². The van der Waals surface area contributed by atoms with Gasteiger partial charge in [-0.3, -0.25) is 0 Å². The monoisotopic (exact) mass is 267 g/mol. The fourth-order valence-corrected chi connectivity index (χ4v) is 3.10. The smallest absolute Gasteiger partial charge is 0.136 e. The molecule has 100 valence electrons. The number of benzene rings is 1. The molecule has 3 nitrogen and oxygen atoms in total. The molecule has 0 saturated heterocycles. The summed E-state index contributed by atoms with van der Waals surface area (Å²) in [7, 11) is 1.70. The Morgan fingerprint density at radius 3 is 2.72 bits per heavy atom. The highest BCUT2D eigenvalue weighted by molar-refractivity contribution is 7.90. The third-order valence-electron chi connectivity index (χ3n) is 3.25. The van der Waals surface area contributed by atoms with Crippen LogP contribution in [0.2, 0.25) is 0 Å². The highest BCUT2D eigenvalue weighted by atomic mass is 32.2. The summed E-state index contributed by atoms with van der Waals surface area (Å²) >= 11 is -1.03. The first-order valence-corrected chi connectivity index (χ1v) is 7.42. The lowest BCUT2D eigenvalue weighted by Crippen LogP contribution is -2.40. The molecule has 1 aliphatic carbocycles. The van der Waals surface area contributed by atoms with Crippen molar-refractivity contribution in [1.29, 1.82) is 0 Å². The molecule has 18 heavy (non-hydrogen) atoms. The number of hydrogen-bond donors (Lipinski definition) is 1. The van der Waals surface area contributed by atoms with Crippen molar-refractivity contribution in [2.75, 3.05) is 7.11 Å². The molecule has 0 aliphatic heterocycles. The molecule has 0 heterocycles. The fraction of sp³-hybridized carbons (Fsp3) is 0.571. The number of ether oxygens (including phenoxy) is 1. The minimum absolute atomic E-state index is 0.176. The molecule has 0 aromatic heterocycles. The zero-order valence-corrected chi connectivity index (χ0v) is 12.3. The lowest BCUT2D eigenvalue weighted by molar-refractivity contribution is 0.410. The molecular formula is C14H21NO2S. The number of rotatable bonds is 3. The summed E-state index contributed by atoms with van der Waals surface area (Å²) in [5, 5.41) is 0. The third kappa shape index (κ3) is 2.66. The molecule has 0 spiro atoms. The van der Waals surface area contributed by atoms with Gasteiger partial charge in [-0.15, -0.1) is 4.72 Å². The van der Waals surface area contributed by atoms with E-state index in [1.807, 2.05) is 32.9 Å². The molecule has 1 aromatic rings. The van der Waals surface area contributed by atoms with Gasteiger partial charge in [0.2, 0.25) is 0 Å². The average molecular weight is 267 g/mol. The molecule has 0 saturated carbocycles. The molecule has 0 amide bonds. The van der Waals surface area contributed by atoms with Crippen LogP contribution in [0.25, 0.3) is 0 Å². The summed E-state index contributed by atoms with van der Waals surface area (Å²) in [4.78, 5) is 0. The van der Waals surface area contributed by atoms with Crippen LogP contribution in [-0.2, 0) is 17.8 Å². The van der Waals surface area contributed by atoms with E-state index in [2.05, 4.69) is 10.8 Å². The van der Waals surface area contributed by atoms with Gasteiger partial charge < -0.3 is 9.29 Å². The molecule has 1 unspecified atom stereocenters. The van der Waals surface area contributed by atoms with Crippen LogP contribution in [0.4, 0.5) is 0 Å². The number of hydrogen-bond acceptors (Lipinski definition) is 3. The Labute approximate surface area is 112 Å². The van der Waals surface area contributed by atoms with Crippen LogP contribution in [-0.4, -0.2) is 16.4 Å². The quantitative estimate of drug-likeness (QED) is 0.856. The van der Waals surface area contributed by atoms with E-state index in [-0.39, 0.29) is 10.8 Å². The van der Waals surface area contributed by atoms with Crippen molar-refractivity contribution in [3.8, 4) is 5.75 Å². The SMILES string of the molecule is COc1cccc2c1CC[C@@H]2N[S+]([O-])C(C)(C)C. The Morgan fingerprint density at radius 1 is 1.39 bits per heavy atom. The minimum Gasteiger partial charge on any atom is -0.598 e. The van der Waals surface area contributed by atoms with E-state index in [0.29, 0.717) is 0 Å². The van der Waals surface area contributed by atoms with Crippen LogP contribution in [0.5, 0.6) is 5.75 Å². The van der Waals surface area contributed by atoms with Gasteiger partial charge in [-0.1, -0.05) is 12.1 Å². The lowest BCUT2D eigenvalue weighted by Gasteiger charge is -2.26. The zero-order chi connectivity index (χ0) is 13.3. The molecule has 0 fully saturated rings. The van der Waals surface area contributed by atoms with Gasteiger partial charge in [-0.05, 0) is 50.8 Å². The molecule has 0 bridgehead atoms. The highest BCUT2D eigenvalue weighted by Gasteiger charge is 2.33. The van der Waals surface area contributed by atoms with Crippen LogP contribution in [0.15, 0.2) is 18.2 Å². The van der Waals surface area contributed by atoms with Gasteiger partial charge in [0.15, 0.2) is 0 Å². The molecule has 1 N–H and O–H groups in total. The van der Waals surface area contributed by atoms with Gasteiger partial charge in [0.25, 0.3) is 0 Å². The van der Waals surface area contributed by atoms with E-state index >= 15 is 0 Å². The fourth-order valence-electron chi connectivity index (χ4n) is 2.24. The summed E-state index contributed by atoms with van der Waals surface area (Å²) in [5.41, 5.74) is 2.48. The molecule has 4 heteroatoms. The normalized spacial score (nSPS) is 20.6. The summed E-state index contributed by atoms with van der Waals surface area (Å²) < 4.78 is 20.5. The van der Waals surface area contributed by atoms with Gasteiger partial charge in [-0.25, -0.2) is 0 Å². The predicted molar refractivity (Wildman–Crippen MR) is 75.1 cm³/mol. The summed E-state index contributed by atoms with van der Waals surface area (Å²) in [6, 6.07) is 6.26. The van der Waals surface area contributed by atoms with E-state index in [0.717, 1.165) is 18.6 Å². The molecular weight excluding hydrogens is 246 g/mol. The Morgan fingerprint density at radius 2 is 2.11 bits per heavy atom. The molecule has 2 atom stereocenters. The number of fused-ring (bicyclic) bond motifs is 1. The Bertz CT molecular complexity index is 428. The van der Waals surface area contributed by atoms with Gasteiger partial charge in [0.1, 0.15) is 10.5 Å². The van der Waals surface area contributed by atoms with Crippen molar-refractivity contribution < 1.29 is 9.29 Å². The second-order valence-electron chi connectivity index (χ2n) is 5.62. The molecule has 0 radical (unpaired) electrons. The van der Waals surface area contributed by atoms with Crippen molar-refractivity contribution in [1.82, 2.24) is 4.72 Å². The molecule has 2 rings (SSSR count). The van der Waals surface area contributed by atoms with Crippen molar-refractivity contribution in [3.05, 3.63) is 29.3 Å². The van der Waals surface area contributed by atoms with E-state index in [1.165, 1.54) is 11.1 Å². The second-order valence-corrected chi connectivity index (χ2v) is 7.62. The Kier molecular flexibility index (Phi) is 3.90. The van der Waals surface area contributed by atoms with Crippen molar-refractivity contribution in [2.45, 2.75) is 44.4 Å². The summed E-state index contributed by atoms with van der Waals surface area (Å²) in [6.07, 6.45) is 1.97. The van der Waals surface area contributed by atoms with Crippen LogP contribution < -0.4 is 9.46 Å². The average Bonchev–Trinajstić information content (AvgIpc) is 2.71. The Balaban J connectivity index is 2.17. The second kappa shape index (κ2) is 5.11. The first-order chi connectivity index (χ1) is 8.43. The topological polar surface area (TPSA) is 44.3 Å². The third-order valence-corrected chi connectivity index (χ3v) is 4.86. The van der Waals surface area contributed by atoms with Crippen molar-refractivity contribution in [2.24, 2.45) is 0 Å². The lowest BCUT2D eigenvalue weighted by atomic mass is 10.1. The van der Waals surface area contributed by atoms with Crippen LogP contribution in [0.1, 0.15) is 44.4 Å². The van der Waals surface area contributed by atoms with Crippen molar-refractivity contribution in [3.63, 3.8) is 0 Å². The molecule has 1 aromatic carbocycles. The first kappa shape index (κ1) is 13.7. The maximum absolute atomic E-state index is 12.2. The minimum atomic E-state index is -1.03. The number of nitrogens with one attached hydrogen (secondary N) is 1. The van der Waals surface area contributed by atoms with E-state index in [4.69, 9.17) is 4.74 Å². The summed E-state index contributed by atoms with van der Waals surface area (Å²) in [6.45, 7) is 5.95.